The highest BCUT2D eigenvalue weighted by Crippen LogP contribution is 2.23. The molecule has 0 unspecified atom stereocenters. The van der Waals surface area contributed by atoms with Crippen molar-refractivity contribution in [2.45, 2.75) is 40.3 Å². The summed E-state index contributed by atoms with van der Waals surface area (Å²) in [7, 11) is 0. The molecule has 0 atom stereocenters. The van der Waals surface area contributed by atoms with Crippen molar-refractivity contribution in [2.75, 3.05) is 6.54 Å². The molecule has 0 aliphatic heterocycles. The summed E-state index contributed by atoms with van der Waals surface area (Å²) in [5.41, 5.74) is 10.4. The van der Waals surface area contributed by atoms with E-state index in [1.807, 2.05) is 12.5 Å². The Balaban J connectivity index is 1.31. The standard InChI is InChI=1S/C28H31N3/c1-21-7-9-24(10-8-21)19-31-20-30-18-28(31)13-14-29-17-27-12-11-26(16-23(27)3)25-6-4-5-22(2)15-25/h4-12,15-16,18,20,29H,13-14,17,19H2,1-3H3. The second kappa shape index (κ2) is 9.76. The van der Waals surface area contributed by atoms with Crippen LogP contribution in [0.15, 0.2) is 79.3 Å². The summed E-state index contributed by atoms with van der Waals surface area (Å²) in [6, 6.07) is 24.2. The molecule has 1 heterocycles. The van der Waals surface area contributed by atoms with E-state index in [9.17, 15) is 0 Å². The predicted octanol–water partition coefficient (Wildman–Crippen LogP) is 5.86. The summed E-state index contributed by atoms with van der Waals surface area (Å²) in [6.07, 6.45) is 4.88. The number of aromatic nitrogens is 2. The van der Waals surface area contributed by atoms with Crippen LogP contribution in [0.4, 0.5) is 0 Å². The molecule has 0 fully saturated rings. The minimum Gasteiger partial charge on any atom is -0.330 e. The first kappa shape index (κ1) is 21.1. The number of nitrogens with one attached hydrogen (secondary N) is 1. The minimum atomic E-state index is 0.870. The zero-order valence-corrected chi connectivity index (χ0v) is 18.7. The summed E-state index contributed by atoms with van der Waals surface area (Å²) in [4.78, 5) is 4.37. The van der Waals surface area contributed by atoms with Gasteiger partial charge in [-0.3, -0.25) is 0 Å². The molecule has 1 aromatic heterocycles. The van der Waals surface area contributed by atoms with E-state index >= 15 is 0 Å². The van der Waals surface area contributed by atoms with Gasteiger partial charge in [-0.25, -0.2) is 4.98 Å². The molecule has 0 saturated heterocycles. The van der Waals surface area contributed by atoms with Gasteiger partial charge < -0.3 is 9.88 Å². The Hall–Kier alpha value is -3.17. The number of nitrogens with zero attached hydrogens (tertiary/aromatic N) is 2. The molecule has 0 radical (unpaired) electrons. The number of hydrogen-bond acceptors (Lipinski definition) is 2. The first-order chi connectivity index (χ1) is 15.1. The van der Waals surface area contributed by atoms with Crippen molar-refractivity contribution in [2.24, 2.45) is 0 Å². The molecule has 0 aliphatic rings. The average molecular weight is 410 g/mol. The van der Waals surface area contributed by atoms with Gasteiger partial charge in [0.2, 0.25) is 0 Å². The first-order valence-electron chi connectivity index (χ1n) is 11.0. The van der Waals surface area contributed by atoms with Gasteiger partial charge in [0, 0.05) is 37.9 Å². The lowest BCUT2D eigenvalue weighted by Crippen LogP contribution is -2.18. The van der Waals surface area contributed by atoms with E-state index in [0.29, 0.717) is 0 Å². The molecule has 4 rings (SSSR count). The van der Waals surface area contributed by atoms with Gasteiger partial charge in [-0.2, -0.15) is 0 Å². The Bertz CT molecular complexity index is 1140. The lowest BCUT2D eigenvalue weighted by Gasteiger charge is -2.12. The highest BCUT2D eigenvalue weighted by molar-refractivity contribution is 5.65. The van der Waals surface area contributed by atoms with Crippen LogP contribution >= 0.6 is 0 Å². The topological polar surface area (TPSA) is 29.9 Å². The smallest absolute Gasteiger partial charge is 0.0951 e. The highest BCUT2D eigenvalue weighted by Gasteiger charge is 2.05. The van der Waals surface area contributed by atoms with Crippen LogP contribution in [0.1, 0.15) is 33.5 Å². The molecular weight excluding hydrogens is 378 g/mol. The number of benzene rings is 3. The third-order valence-corrected chi connectivity index (χ3v) is 5.84. The van der Waals surface area contributed by atoms with Crippen molar-refractivity contribution in [3.05, 3.63) is 113 Å². The summed E-state index contributed by atoms with van der Waals surface area (Å²) >= 11 is 0. The van der Waals surface area contributed by atoms with Crippen LogP contribution in [0.25, 0.3) is 11.1 Å². The van der Waals surface area contributed by atoms with E-state index in [-0.39, 0.29) is 0 Å². The van der Waals surface area contributed by atoms with Crippen molar-refractivity contribution in [3.63, 3.8) is 0 Å². The molecule has 31 heavy (non-hydrogen) atoms. The van der Waals surface area contributed by atoms with Gasteiger partial charge in [-0.1, -0.05) is 77.9 Å². The lowest BCUT2D eigenvalue weighted by molar-refractivity contribution is 0.651. The van der Waals surface area contributed by atoms with E-state index in [0.717, 1.165) is 26.1 Å². The summed E-state index contributed by atoms with van der Waals surface area (Å²) < 4.78 is 2.24. The SMILES string of the molecule is Cc1ccc(Cn2cncc2CCNCc2ccc(-c3cccc(C)c3)cc2C)cc1. The normalized spacial score (nSPS) is 11.1. The van der Waals surface area contributed by atoms with E-state index in [1.54, 1.807) is 0 Å². The maximum absolute atomic E-state index is 4.37. The predicted molar refractivity (Wildman–Crippen MR) is 129 cm³/mol. The molecule has 4 aromatic rings. The zero-order valence-electron chi connectivity index (χ0n) is 18.7. The van der Waals surface area contributed by atoms with Gasteiger partial charge in [-0.15, -0.1) is 0 Å². The Morgan fingerprint density at radius 3 is 2.42 bits per heavy atom. The Kier molecular flexibility index (Phi) is 6.63. The molecule has 3 nitrogen and oxygen atoms in total. The molecule has 158 valence electrons. The van der Waals surface area contributed by atoms with Crippen LogP contribution in [0.3, 0.4) is 0 Å². The van der Waals surface area contributed by atoms with Crippen molar-refractivity contribution in [1.82, 2.24) is 14.9 Å². The third kappa shape index (κ3) is 5.50. The van der Waals surface area contributed by atoms with Crippen LogP contribution in [-0.2, 0) is 19.5 Å². The number of imidazole rings is 1. The summed E-state index contributed by atoms with van der Waals surface area (Å²) in [5, 5.41) is 3.61. The van der Waals surface area contributed by atoms with Crippen LogP contribution in [-0.4, -0.2) is 16.1 Å². The van der Waals surface area contributed by atoms with E-state index in [4.69, 9.17) is 0 Å². The monoisotopic (exact) mass is 409 g/mol. The number of aryl methyl sites for hydroxylation is 3. The Morgan fingerprint density at radius 2 is 1.65 bits per heavy atom. The third-order valence-electron chi connectivity index (χ3n) is 5.84. The fraction of sp³-hybridized carbons (Fsp3) is 0.250. The quantitative estimate of drug-likeness (QED) is 0.370. The lowest BCUT2D eigenvalue weighted by atomic mass is 9.99. The minimum absolute atomic E-state index is 0.870. The molecule has 3 aromatic carbocycles. The maximum atomic E-state index is 4.37. The zero-order chi connectivity index (χ0) is 21.6. The molecule has 0 bridgehead atoms. The molecule has 0 aliphatic carbocycles. The summed E-state index contributed by atoms with van der Waals surface area (Å²) in [5.74, 6) is 0. The van der Waals surface area contributed by atoms with Crippen LogP contribution < -0.4 is 5.32 Å². The van der Waals surface area contributed by atoms with Crippen molar-refractivity contribution < 1.29 is 0 Å². The molecule has 0 amide bonds. The molecule has 3 heteroatoms. The first-order valence-corrected chi connectivity index (χ1v) is 11.0. The van der Waals surface area contributed by atoms with Gasteiger partial charge in [-0.05, 0) is 48.6 Å². The van der Waals surface area contributed by atoms with E-state index in [2.05, 4.69) is 102 Å². The number of hydrogen-bond donors (Lipinski definition) is 1. The van der Waals surface area contributed by atoms with Crippen LogP contribution in [0.5, 0.6) is 0 Å². The van der Waals surface area contributed by atoms with Crippen molar-refractivity contribution in [3.8, 4) is 11.1 Å². The summed E-state index contributed by atoms with van der Waals surface area (Å²) in [6.45, 7) is 9.14. The van der Waals surface area contributed by atoms with Crippen molar-refractivity contribution in [1.29, 1.82) is 0 Å². The Morgan fingerprint density at radius 1 is 0.839 bits per heavy atom. The average Bonchev–Trinajstić information content (AvgIpc) is 3.20. The van der Waals surface area contributed by atoms with Gasteiger partial charge in [0.25, 0.3) is 0 Å². The molecule has 1 N–H and O–H groups in total. The van der Waals surface area contributed by atoms with Gasteiger partial charge in [0.1, 0.15) is 0 Å². The fourth-order valence-corrected chi connectivity index (χ4v) is 3.93. The molecule has 0 saturated carbocycles. The largest absolute Gasteiger partial charge is 0.330 e. The van der Waals surface area contributed by atoms with Gasteiger partial charge >= 0.3 is 0 Å². The molecule has 0 spiro atoms. The fourth-order valence-electron chi connectivity index (χ4n) is 3.93. The van der Waals surface area contributed by atoms with Crippen molar-refractivity contribution >= 4 is 0 Å². The van der Waals surface area contributed by atoms with E-state index in [1.165, 1.54) is 44.6 Å². The van der Waals surface area contributed by atoms with Crippen LogP contribution in [0, 0.1) is 20.8 Å². The highest BCUT2D eigenvalue weighted by atomic mass is 15.0. The Labute approximate surface area is 185 Å². The van der Waals surface area contributed by atoms with Gasteiger partial charge in [0.05, 0.1) is 6.33 Å². The molecular formula is C28H31N3. The maximum Gasteiger partial charge on any atom is 0.0951 e. The van der Waals surface area contributed by atoms with Crippen LogP contribution in [0.2, 0.25) is 0 Å². The van der Waals surface area contributed by atoms with Gasteiger partial charge in [0.15, 0.2) is 0 Å². The second-order valence-corrected chi connectivity index (χ2v) is 8.44. The second-order valence-electron chi connectivity index (χ2n) is 8.44. The number of rotatable bonds is 8. The van der Waals surface area contributed by atoms with E-state index < -0.39 is 0 Å².